The van der Waals surface area contributed by atoms with Crippen molar-refractivity contribution in [1.29, 1.82) is 0 Å². The van der Waals surface area contributed by atoms with Gasteiger partial charge in [-0.05, 0) is 66.9 Å². The molecule has 1 aliphatic heterocycles. The molecular formula is C21H19N5O2. The van der Waals surface area contributed by atoms with Gasteiger partial charge in [-0.1, -0.05) is 12.1 Å². The molecule has 0 unspecified atom stereocenters. The van der Waals surface area contributed by atoms with Gasteiger partial charge in [0.2, 0.25) is 6.79 Å². The monoisotopic (exact) mass is 373 g/mol. The normalized spacial score (nSPS) is 12.5. The first kappa shape index (κ1) is 16.6. The summed E-state index contributed by atoms with van der Waals surface area (Å²) in [4.78, 5) is 0. The SMILES string of the molecule is Cc1cc(C)cc(Nc2ccc3nnc(Cc4ccc5c(c4)OCO5)n3n2)c1. The maximum absolute atomic E-state index is 5.46. The van der Waals surface area contributed by atoms with E-state index in [1.54, 1.807) is 4.52 Å². The molecule has 1 N–H and O–H groups in total. The largest absolute Gasteiger partial charge is 0.454 e. The average Bonchev–Trinajstić information content (AvgIpc) is 3.27. The van der Waals surface area contributed by atoms with Crippen LogP contribution in [0.2, 0.25) is 0 Å². The zero-order chi connectivity index (χ0) is 19.1. The van der Waals surface area contributed by atoms with Crippen molar-refractivity contribution in [3.05, 3.63) is 71.0 Å². The number of ether oxygens (including phenoxy) is 2. The smallest absolute Gasteiger partial charge is 0.231 e. The van der Waals surface area contributed by atoms with Crippen molar-refractivity contribution in [3.8, 4) is 11.5 Å². The second-order valence-corrected chi connectivity index (χ2v) is 6.97. The van der Waals surface area contributed by atoms with E-state index in [0.29, 0.717) is 12.1 Å². The number of nitrogens with zero attached hydrogens (tertiary/aromatic N) is 4. The number of anilines is 2. The Balaban J connectivity index is 1.45. The van der Waals surface area contributed by atoms with Crippen LogP contribution in [0.25, 0.3) is 5.65 Å². The number of hydrogen-bond donors (Lipinski definition) is 1. The summed E-state index contributed by atoms with van der Waals surface area (Å²) in [5.74, 6) is 3.03. The van der Waals surface area contributed by atoms with Crippen LogP contribution in [-0.4, -0.2) is 26.6 Å². The van der Waals surface area contributed by atoms with Crippen molar-refractivity contribution in [2.24, 2.45) is 0 Å². The zero-order valence-corrected chi connectivity index (χ0v) is 15.6. The third-order valence-electron chi connectivity index (χ3n) is 4.62. The number of fused-ring (bicyclic) bond motifs is 2. The fourth-order valence-corrected chi connectivity index (χ4v) is 3.44. The number of aromatic nitrogens is 4. The van der Waals surface area contributed by atoms with Crippen LogP contribution in [0, 0.1) is 13.8 Å². The summed E-state index contributed by atoms with van der Waals surface area (Å²) in [5.41, 5.74) is 5.19. The Kier molecular flexibility index (Phi) is 3.86. The Bertz CT molecular complexity index is 1160. The molecule has 28 heavy (non-hydrogen) atoms. The lowest BCUT2D eigenvalue weighted by Gasteiger charge is -2.08. The van der Waals surface area contributed by atoms with E-state index in [2.05, 4.69) is 52.7 Å². The quantitative estimate of drug-likeness (QED) is 0.586. The van der Waals surface area contributed by atoms with Crippen molar-refractivity contribution in [3.63, 3.8) is 0 Å². The molecule has 0 bridgehead atoms. The van der Waals surface area contributed by atoms with Gasteiger partial charge in [0, 0.05) is 12.1 Å². The predicted octanol–water partition coefficient (Wildman–Crippen LogP) is 3.80. The third kappa shape index (κ3) is 3.11. The molecule has 0 fully saturated rings. The Hall–Kier alpha value is -3.61. The number of aryl methyl sites for hydroxylation is 2. The van der Waals surface area contributed by atoms with Gasteiger partial charge in [0.05, 0.1) is 0 Å². The van der Waals surface area contributed by atoms with Gasteiger partial charge in [0.15, 0.2) is 28.8 Å². The standard InChI is InChI=1S/C21H19N5O2/c1-13-7-14(2)9-16(8-13)22-19-5-6-20-23-24-21(26(20)25-19)11-15-3-4-17-18(10-15)28-12-27-17/h3-10H,11-12H2,1-2H3,(H,22,25). The van der Waals surface area contributed by atoms with E-state index in [9.17, 15) is 0 Å². The Morgan fingerprint density at radius 2 is 1.75 bits per heavy atom. The third-order valence-corrected chi connectivity index (χ3v) is 4.62. The highest BCUT2D eigenvalue weighted by atomic mass is 16.7. The number of nitrogens with one attached hydrogen (secondary N) is 1. The van der Waals surface area contributed by atoms with Crippen molar-refractivity contribution < 1.29 is 9.47 Å². The summed E-state index contributed by atoms with van der Waals surface area (Å²) in [6.07, 6.45) is 0.595. The van der Waals surface area contributed by atoms with E-state index >= 15 is 0 Å². The minimum atomic E-state index is 0.266. The molecule has 5 rings (SSSR count). The minimum Gasteiger partial charge on any atom is -0.454 e. The topological polar surface area (TPSA) is 73.6 Å². The average molecular weight is 373 g/mol. The Labute approximate surface area is 161 Å². The molecule has 0 radical (unpaired) electrons. The lowest BCUT2D eigenvalue weighted by Crippen LogP contribution is -2.03. The van der Waals surface area contributed by atoms with Gasteiger partial charge in [-0.3, -0.25) is 0 Å². The Morgan fingerprint density at radius 1 is 0.929 bits per heavy atom. The van der Waals surface area contributed by atoms with Gasteiger partial charge in [-0.15, -0.1) is 15.3 Å². The van der Waals surface area contributed by atoms with Crippen LogP contribution < -0.4 is 14.8 Å². The molecule has 0 aliphatic carbocycles. The summed E-state index contributed by atoms with van der Waals surface area (Å²) >= 11 is 0. The first-order chi connectivity index (χ1) is 13.6. The summed E-state index contributed by atoms with van der Waals surface area (Å²) in [6.45, 7) is 4.43. The van der Waals surface area contributed by atoms with Crippen molar-refractivity contribution in [2.75, 3.05) is 12.1 Å². The summed E-state index contributed by atoms with van der Waals surface area (Å²) in [5, 5.41) is 16.6. The van der Waals surface area contributed by atoms with Gasteiger partial charge in [0.1, 0.15) is 0 Å². The first-order valence-corrected chi connectivity index (χ1v) is 9.09. The van der Waals surface area contributed by atoms with Gasteiger partial charge >= 0.3 is 0 Å². The summed E-state index contributed by atoms with van der Waals surface area (Å²) in [6, 6.07) is 16.1. The molecule has 140 valence electrons. The molecule has 0 saturated carbocycles. The highest BCUT2D eigenvalue weighted by Gasteiger charge is 2.15. The lowest BCUT2D eigenvalue weighted by molar-refractivity contribution is 0.174. The van der Waals surface area contributed by atoms with Crippen LogP contribution in [0.4, 0.5) is 11.5 Å². The van der Waals surface area contributed by atoms with E-state index < -0.39 is 0 Å². The lowest BCUT2D eigenvalue weighted by atomic mass is 10.1. The molecule has 2 aromatic carbocycles. The first-order valence-electron chi connectivity index (χ1n) is 9.09. The molecule has 1 aliphatic rings. The number of rotatable bonds is 4. The van der Waals surface area contributed by atoms with Crippen LogP contribution in [0.15, 0.2) is 48.5 Å². The fourth-order valence-electron chi connectivity index (χ4n) is 3.44. The molecular weight excluding hydrogens is 354 g/mol. The van der Waals surface area contributed by atoms with E-state index in [0.717, 1.165) is 34.4 Å². The molecule has 2 aromatic heterocycles. The maximum Gasteiger partial charge on any atom is 0.231 e. The van der Waals surface area contributed by atoms with E-state index in [1.165, 1.54) is 11.1 Å². The minimum absolute atomic E-state index is 0.266. The van der Waals surface area contributed by atoms with E-state index in [-0.39, 0.29) is 6.79 Å². The molecule has 3 heterocycles. The van der Waals surface area contributed by atoms with Gasteiger partial charge in [0.25, 0.3) is 0 Å². The van der Waals surface area contributed by atoms with Gasteiger partial charge < -0.3 is 14.8 Å². The number of hydrogen-bond acceptors (Lipinski definition) is 6. The van der Waals surface area contributed by atoms with Crippen LogP contribution >= 0.6 is 0 Å². The van der Waals surface area contributed by atoms with Gasteiger partial charge in [-0.2, -0.15) is 4.52 Å². The van der Waals surface area contributed by atoms with Crippen molar-refractivity contribution in [2.45, 2.75) is 20.3 Å². The molecule has 0 amide bonds. The van der Waals surface area contributed by atoms with Crippen LogP contribution in [0.5, 0.6) is 11.5 Å². The highest BCUT2D eigenvalue weighted by molar-refractivity contribution is 5.59. The van der Waals surface area contributed by atoms with Gasteiger partial charge in [-0.25, -0.2) is 0 Å². The summed E-state index contributed by atoms with van der Waals surface area (Å²) in [7, 11) is 0. The number of benzene rings is 2. The second-order valence-electron chi connectivity index (χ2n) is 6.97. The van der Waals surface area contributed by atoms with E-state index in [1.807, 2.05) is 30.3 Å². The van der Waals surface area contributed by atoms with E-state index in [4.69, 9.17) is 9.47 Å². The van der Waals surface area contributed by atoms with Crippen molar-refractivity contribution in [1.82, 2.24) is 19.8 Å². The highest BCUT2D eigenvalue weighted by Crippen LogP contribution is 2.33. The zero-order valence-electron chi connectivity index (χ0n) is 15.6. The fraction of sp³-hybridized carbons (Fsp3) is 0.190. The molecule has 7 nitrogen and oxygen atoms in total. The molecule has 4 aromatic rings. The Morgan fingerprint density at radius 3 is 2.61 bits per heavy atom. The van der Waals surface area contributed by atoms with Crippen LogP contribution in [-0.2, 0) is 6.42 Å². The molecule has 0 spiro atoms. The molecule has 0 saturated heterocycles. The molecule has 0 atom stereocenters. The van der Waals surface area contributed by atoms with Crippen LogP contribution in [0.1, 0.15) is 22.5 Å². The summed E-state index contributed by atoms with van der Waals surface area (Å²) < 4.78 is 12.6. The van der Waals surface area contributed by atoms with Crippen LogP contribution in [0.3, 0.4) is 0 Å². The molecule has 7 heteroatoms. The maximum atomic E-state index is 5.46. The second kappa shape index (κ2) is 6.53. The predicted molar refractivity (Wildman–Crippen MR) is 105 cm³/mol. The van der Waals surface area contributed by atoms with Crippen molar-refractivity contribution >= 4 is 17.2 Å².